The van der Waals surface area contributed by atoms with E-state index in [9.17, 15) is 22.8 Å². The predicted molar refractivity (Wildman–Crippen MR) is 64.9 cm³/mol. The lowest BCUT2D eigenvalue weighted by Crippen LogP contribution is -2.40. The fraction of sp³-hybridized carbons (Fsp3) is 0.818. The highest BCUT2D eigenvalue weighted by Gasteiger charge is 2.28. The molecule has 0 bridgehead atoms. The Morgan fingerprint density at radius 1 is 1.26 bits per heavy atom. The minimum atomic E-state index is -4.25. The molecule has 0 aromatic heterocycles. The van der Waals surface area contributed by atoms with Crippen molar-refractivity contribution >= 4 is 23.6 Å². The van der Waals surface area contributed by atoms with Crippen LogP contribution >= 0.6 is 11.8 Å². The quantitative estimate of drug-likeness (QED) is 0.843. The topological polar surface area (TPSA) is 57.6 Å². The molecule has 110 valence electrons. The second-order valence-electron chi connectivity index (χ2n) is 4.53. The molecule has 1 heterocycles. The molecule has 4 nitrogen and oxygen atoms in total. The standard InChI is InChI=1S/C11H16F3NO3S/c12-11(13,14)7-19-6-9(16)15-3-1-8(2-4-15)5-10(17)18/h8H,1-7H2,(H,17,18). The van der Waals surface area contributed by atoms with Crippen LogP contribution in [0.4, 0.5) is 13.2 Å². The molecule has 0 unspecified atom stereocenters. The molecule has 1 N–H and O–H groups in total. The molecule has 1 amide bonds. The highest BCUT2D eigenvalue weighted by Crippen LogP contribution is 2.23. The van der Waals surface area contributed by atoms with E-state index >= 15 is 0 Å². The molecule has 1 aliphatic rings. The fourth-order valence-corrected chi connectivity index (χ4v) is 2.67. The molecule has 1 fully saturated rings. The van der Waals surface area contributed by atoms with Crippen molar-refractivity contribution in [2.24, 2.45) is 5.92 Å². The Labute approximate surface area is 113 Å². The number of aliphatic carboxylic acids is 1. The lowest BCUT2D eigenvalue weighted by molar-refractivity contribution is -0.138. The van der Waals surface area contributed by atoms with Gasteiger partial charge in [-0.25, -0.2) is 0 Å². The summed E-state index contributed by atoms with van der Waals surface area (Å²) in [7, 11) is 0. The van der Waals surface area contributed by atoms with Crippen molar-refractivity contribution in [1.29, 1.82) is 0 Å². The molecular weight excluding hydrogens is 283 g/mol. The number of halogens is 3. The molecule has 19 heavy (non-hydrogen) atoms. The second-order valence-corrected chi connectivity index (χ2v) is 5.52. The third kappa shape index (κ3) is 6.70. The van der Waals surface area contributed by atoms with Gasteiger partial charge in [-0.3, -0.25) is 9.59 Å². The number of rotatable bonds is 5. The summed E-state index contributed by atoms with van der Waals surface area (Å²) in [4.78, 5) is 23.7. The number of alkyl halides is 3. The fourth-order valence-electron chi connectivity index (χ4n) is 1.98. The van der Waals surface area contributed by atoms with Crippen molar-refractivity contribution in [3.05, 3.63) is 0 Å². The lowest BCUT2D eigenvalue weighted by atomic mass is 9.94. The first-order valence-corrected chi connectivity index (χ1v) is 7.07. The second kappa shape index (κ2) is 7.02. The van der Waals surface area contributed by atoms with Crippen LogP contribution in [-0.4, -0.2) is 52.7 Å². The maximum atomic E-state index is 11.9. The van der Waals surface area contributed by atoms with Crippen LogP contribution in [0.15, 0.2) is 0 Å². The highest BCUT2D eigenvalue weighted by atomic mass is 32.2. The lowest BCUT2D eigenvalue weighted by Gasteiger charge is -2.31. The summed E-state index contributed by atoms with van der Waals surface area (Å²) in [6.07, 6.45) is -2.96. The van der Waals surface area contributed by atoms with E-state index in [-0.39, 0.29) is 24.0 Å². The van der Waals surface area contributed by atoms with Gasteiger partial charge in [0, 0.05) is 19.5 Å². The van der Waals surface area contributed by atoms with Crippen LogP contribution in [0.5, 0.6) is 0 Å². The van der Waals surface area contributed by atoms with Crippen LogP contribution in [-0.2, 0) is 9.59 Å². The number of thioether (sulfide) groups is 1. The number of hydrogen-bond acceptors (Lipinski definition) is 3. The van der Waals surface area contributed by atoms with Gasteiger partial charge in [-0.15, -0.1) is 11.8 Å². The Morgan fingerprint density at radius 3 is 2.32 bits per heavy atom. The molecule has 0 spiro atoms. The molecule has 8 heteroatoms. The van der Waals surface area contributed by atoms with Gasteiger partial charge in [0.1, 0.15) is 0 Å². The first-order valence-electron chi connectivity index (χ1n) is 5.92. The Kier molecular flexibility index (Phi) is 5.96. The zero-order valence-electron chi connectivity index (χ0n) is 10.3. The van der Waals surface area contributed by atoms with E-state index in [4.69, 9.17) is 5.11 Å². The summed E-state index contributed by atoms with van der Waals surface area (Å²) in [5, 5.41) is 8.64. The van der Waals surface area contributed by atoms with Crippen LogP contribution in [0.3, 0.4) is 0 Å². The monoisotopic (exact) mass is 299 g/mol. The average molecular weight is 299 g/mol. The van der Waals surface area contributed by atoms with Gasteiger partial charge in [0.15, 0.2) is 0 Å². The Balaban J connectivity index is 2.23. The summed E-state index contributed by atoms with van der Waals surface area (Å²) in [5.41, 5.74) is 0. The molecule has 0 saturated carbocycles. The van der Waals surface area contributed by atoms with E-state index in [0.717, 1.165) is 0 Å². The van der Waals surface area contributed by atoms with Crippen LogP contribution in [0.2, 0.25) is 0 Å². The third-order valence-electron chi connectivity index (χ3n) is 2.92. The van der Waals surface area contributed by atoms with Crippen LogP contribution in [0.1, 0.15) is 19.3 Å². The van der Waals surface area contributed by atoms with Crippen molar-refractivity contribution in [3.63, 3.8) is 0 Å². The molecule has 0 radical (unpaired) electrons. The number of amides is 1. The Morgan fingerprint density at radius 2 is 1.84 bits per heavy atom. The summed E-state index contributed by atoms with van der Waals surface area (Å²) in [6.45, 7) is 0.868. The number of likely N-dealkylation sites (tertiary alicyclic amines) is 1. The van der Waals surface area contributed by atoms with Gasteiger partial charge < -0.3 is 10.0 Å². The van der Waals surface area contributed by atoms with Gasteiger partial charge in [-0.2, -0.15) is 13.2 Å². The van der Waals surface area contributed by atoms with Crippen LogP contribution in [0.25, 0.3) is 0 Å². The van der Waals surface area contributed by atoms with Gasteiger partial charge in [0.2, 0.25) is 5.91 Å². The molecule has 0 atom stereocenters. The van der Waals surface area contributed by atoms with Crippen molar-refractivity contribution < 1.29 is 27.9 Å². The van der Waals surface area contributed by atoms with Crippen LogP contribution in [0, 0.1) is 5.92 Å². The number of carbonyl (C=O) groups excluding carboxylic acids is 1. The van der Waals surface area contributed by atoms with Gasteiger partial charge in [-0.1, -0.05) is 0 Å². The number of carboxylic acid groups (broad SMARTS) is 1. The number of nitrogens with zero attached hydrogens (tertiary/aromatic N) is 1. The van der Waals surface area contributed by atoms with Crippen molar-refractivity contribution in [1.82, 2.24) is 4.90 Å². The van der Waals surface area contributed by atoms with Gasteiger partial charge in [-0.05, 0) is 18.8 Å². The van der Waals surface area contributed by atoms with Crippen molar-refractivity contribution in [3.8, 4) is 0 Å². The Bertz CT molecular complexity index is 328. The highest BCUT2D eigenvalue weighted by molar-refractivity contribution is 8.00. The van der Waals surface area contributed by atoms with E-state index in [1.165, 1.54) is 4.90 Å². The van der Waals surface area contributed by atoms with Crippen LogP contribution < -0.4 is 0 Å². The molecule has 1 rings (SSSR count). The van der Waals surface area contributed by atoms with E-state index in [1.54, 1.807) is 0 Å². The molecule has 1 aliphatic heterocycles. The third-order valence-corrected chi connectivity index (χ3v) is 3.90. The molecular formula is C11H16F3NO3S. The molecule has 0 aromatic carbocycles. The summed E-state index contributed by atoms with van der Waals surface area (Å²) < 4.78 is 35.8. The maximum absolute atomic E-state index is 11.9. The molecule has 1 saturated heterocycles. The normalized spacial score (nSPS) is 17.5. The van der Waals surface area contributed by atoms with E-state index in [0.29, 0.717) is 37.7 Å². The number of carbonyl (C=O) groups is 2. The zero-order chi connectivity index (χ0) is 14.5. The zero-order valence-corrected chi connectivity index (χ0v) is 11.1. The van der Waals surface area contributed by atoms with E-state index in [1.807, 2.05) is 0 Å². The number of hydrogen-bond donors (Lipinski definition) is 1. The first kappa shape index (κ1) is 16.1. The van der Waals surface area contributed by atoms with Gasteiger partial charge in [0.25, 0.3) is 0 Å². The largest absolute Gasteiger partial charge is 0.481 e. The number of carboxylic acids is 1. The SMILES string of the molecule is O=C(O)CC1CCN(C(=O)CSCC(F)(F)F)CC1. The molecule has 0 aromatic rings. The summed E-state index contributed by atoms with van der Waals surface area (Å²) >= 11 is 0.563. The average Bonchev–Trinajstić information content (AvgIpc) is 2.27. The smallest absolute Gasteiger partial charge is 0.397 e. The van der Waals surface area contributed by atoms with Crippen molar-refractivity contribution in [2.75, 3.05) is 24.6 Å². The van der Waals surface area contributed by atoms with Crippen molar-refractivity contribution in [2.45, 2.75) is 25.4 Å². The predicted octanol–water partition coefficient (Wildman–Crippen LogP) is 2.00. The summed E-state index contributed by atoms with van der Waals surface area (Å²) in [5.74, 6) is -2.30. The Hall–Kier alpha value is -0.920. The molecule has 0 aliphatic carbocycles. The maximum Gasteiger partial charge on any atom is 0.397 e. The summed E-state index contributed by atoms with van der Waals surface area (Å²) in [6, 6.07) is 0. The van der Waals surface area contributed by atoms with Gasteiger partial charge in [0.05, 0.1) is 11.5 Å². The number of piperidine rings is 1. The van der Waals surface area contributed by atoms with E-state index < -0.39 is 17.9 Å². The minimum absolute atomic E-state index is 0.0596. The van der Waals surface area contributed by atoms with Gasteiger partial charge >= 0.3 is 12.1 Å². The minimum Gasteiger partial charge on any atom is -0.481 e. The first-order chi connectivity index (χ1) is 8.78. The van der Waals surface area contributed by atoms with E-state index in [2.05, 4.69) is 0 Å².